The van der Waals surface area contributed by atoms with Gasteiger partial charge in [-0.1, -0.05) is 36.4 Å². The van der Waals surface area contributed by atoms with Crippen molar-refractivity contribution >= 4 is 5.91 Å². The zero-order valence-electron chi connectivity index (χ0n) is 15.0. The lowest BCUT2D eigenvalue weighted by molar-refractivity contribution is -0.132. The minimum absolute atomic E-state index is 0.234. The van der Waals surface area contributed by atoms with Gasteiger partial charge in [-0.3, -0.25) is 14.7 Å². The van der Waals surface area contributed by atoms with Crippen LogP contribution in [0.4, 0.5) is 0 Å². The van der Waals surface area contributed by atoms with Crippen LogP contribution in [0.25, 0.3) is 0 Å². The molecule has 4 nitrogen and oxygen atoms in total. The van der Waals surface area contributed by atoms with E-state index in [4.69, 9.17) is 0 Å². The van der Waals surface area contributed by atoms with Gasteiger partial charge >= 0.3 is 0 Å². The van der Waals surface area contributed by atoms with Gasteiger partial charge in [-0.05, 0) is 44.0 Å². The molecule has 0 bridgehead atoms. The molecule has 1 atom stereocenters. The number of rotatable bonds is 7. The van der Waals surface area contributed by atoms with E-state index < -0.39 is 0 Å². The first-order valence-corrected chi connectivity index (χ1v) is 9.24. The number of likely N-dealkylation sites (tertiary alicyclic amines) is 1. The molecular weight excluding hydrogens is 310 g/mol. The molecule has 0 saturated carbocycles. The number of hydrogen-bond donors (Lipinski definition) is 0. The molecule has 1 aromatic carbocycles. The van der Waals surface area contributed by atoms with Crippen LogP contribution in [0.2, 0.25) is 0 Å². The summed E-state index contributed by atoms with van der Waals surface area (Å²) in [5.74, 6) is 0.234. The zero-order valence-corrected chi connectivity index (χ0v) is 15.0. The van der Waals surface area contributed by atoms with Crippen LogP contribution in [-0.4, -0.2) is 40.3 Å². The summed E-state index contributed by atoms with van der Waals surface area (Å²) in [6, 6.07) is 16.7. The molecule has 2 heterocycles. The van der Waals surface area contributed by atoms with Crippen molar-refractivity contribution in [3.63, 3.8) is 0 Å². The minimum Gasteiger partial charge on any atom is -0.339 e. The van der Waals surface area contributed by atoms with Crippen molar-refractivity contribution in [1.29, 1.82) is 0 Å². The molecular formula is C21H27N3O. The Morgan fingerprint density at radius 3 is 2.72 bits per heavy atom. The van der Waals surface area contributed by atoms with Gasteiger partial charge in [0, 0.05) is 32.3 Å². The predicted octanol–water partition coefficient (Wildman–Crippen LogP) is 3.66. The maximum absolute atomic E-state index is 12.7. The van der Waals surface area contributed by atoms with Gasteiger partial charge in [0.05, 0.1) is 11.7 Å². The van der Waals surface area contributed by atoms with Crippen LogP contribution in [0, 0.1) is 0 Å². The fourth-order valence-corrected chi connectivity index (χ4v) is 3.58. The van der Waals surface area contributed by atoms with Gasteiger partial charge in [0.25, 0.3) is 0 Å². The minimum atomic E-state index is 0.234. The third-order valence-electron chi connectivity index (χ3n) is 4.96. The molecule has 4 heteroatoms. The molecule has 0 unspecified atom stereocenters. The molecule has 132 valence electrons. The predicted molar refractivity (Wildman–Crippen MR) is 99.9 cm³/mol. The normalized spacial score (nSPS) is 17.6. The maximum Gasteiger partial charge on any atom is 0.224 e. The van der Waals surface area contributed by atoms with Crippen molar-refractivity contribution in [2.45, 2.75) is 38.8 Å². The van der Waals surface area contributed by atoms with E-state index in [0.717, 1.165) is 31.7 Å². The van der Waals surface area contributed by atoms with Crippen molar-refractivity contribution in [3.05, 3.63) is 66.0 Å². The van der Waals surface area contributed by atoms with Crippen molar-refractivity contribution in [2.75, 3.05) is 19.6 Å². The molecule has 25 heavy (non-hydrogen) atoms. The van der Waals surface area contributed by atoms with Crippen LogP contribution in [0.15, 0.2) is 54.7 Å². The van der Waals surface area contributed by atoms with Crippen molar-refractivity contribution in [3.8, 4) is 0 Å². The van der Waals surface area contributed by atoms with Crippen LogP contribution in [-0.2, 0) is 11.3 Å². The lowest BCUT2D eigenvalue weighted by Crippen LogP contribution is -2.34. The summed E-state index contributed by atoms with van der Waals surface area (Å²) in [5, 5.41) is 0. The summed E-state index contributed by atoms with van der Waals surface area (Å²) in [6.45, 7) is 5.36. The lowest BCUT2D eigenvalue weighted by Gasteiger charge is -2.26. The van der Waals surface area contributed by atoms with Crippen molar-refractivity contribution in [2.24, 2.45) is 0 Å². The number of aromatic nitrogens is 1. The van der Waals surface area contributed by atoms with Gasteiger partial charge in [0.2, 0.25) is 5.91 Å². The van der Waals surface area contributed by atoms with Gasteiger partial charge < -0.3 is 4.90 Å². The SMILES string of the molecule is CCN(Cc1ccccc1)C(=O)CCN1CCC[C@@H]1c1ccccn1. The van der Waals surface area contributed by atoms with Gasteiger partial charge in [-0.15, -0.1) is 0 Å². The second kappa shape index (κ2) is 8.77. The number of hydrogen-bond acceptors (Lipinski definition) is 3. The molecule has 1 amide bonds. The molecule has 1 fully saturated rings. The lowest BCUT2D eigenvalue weighted by atomic mass is 10.1. The monoisotopic (exact) mass is 337 g/mol. The molecule has 1 aliphatic heterocycles. The van der Waals surface area contributed by atoms with E-state index in [2.05, 4.69) is 28.1 Å². The average Bonchev–Trinajstić information content (AvgIpc) is 3.14. The van der Waals surface area contributed by atoms with Crippen LogP contribution >= 0.6 is 0 Å². The molecule has 0 N–H and O–H groups in total. The van der Waals surface area contributed by atoms with E-state index >= 15 is 0 Å². The topological polar surface area (TPSA) is 36.4 Å². The van der Waals surface area contributed by atoms with E-state index in [9.17, 15) is 4.79 Å². The second-order valence-electron chi connectivity index (χ2n) is 6.59. The quantitative estimate of drug-likeness (QED) is 0.774. The third kappa shape index (κ3) is 4.67. The number of carbonyl (C=O) groups excluding carboxylic acids is 1. The van der Waals surface area contributed by atoms with E-state index in [1.807, 2.05) is 48.4 Å². The summed E-state index contributed by atoms with van der Waals surface area (Å²) in [5.41, 5.74) is 2.31. The highest BCUT2D eigenvalue weighted by Crippen LogP contribution is 2.30. The van der Waals surface area contributed by atoms with Crippen molar-refractivity contribution in [1.82, 2.24) is 14.8 Å². The molecule has 1 aromatic heterocycles. The first kappa shape index (κ1) is 17.6. The Bertz CT molecular complexity index is 659. The summed E-state index contributed by atoms with van der Waals surface area (Å²) >= 11 is 0. The molecule has 2 aromatic rings. The fraction of sp³-hybridized carbons (Fsp3) is 0.429. The van der Waals surface area contributed by atoms with Crippen LogP contribution in [0.3, 0.4) is 0 Å². The first-order chi connectivity index (χ1) is 12.3. The molecule has 3 rings (SSSR count). The van der Waals surface area contributed by atoms with Crippen LogP contribution in [0.5, 0.6) is 0 Å². The molecule has 0 aliphatic carbocycles. The van der Waals surface area contributed by atoms with Crippen LogP contribution in [0.1, 0.15) is 43.5 Å². The fourth-order valence-electron chi connectivity index (χ4n) is 3.58. The first-order valence-electron chi connectivity index (χ1n) is 9.24. The van der Waals surface area contributed by atoms with Gasteiger partial charge in [0.15, 0.2) is 0 Å². The summed E-state index contributed by atoms with van der Waals surface area (Å²) in [4.78, 5) is 21.5. The Balaban J connectivity index is 1.55. The van der Waals surface area contributed by atoms with E-state index in [0.29, 0.717) is 19.0 Å². The van der Waals surface area contributed by atoms with Gasteiger partial charge in [-0.25, -0.2) is 0 Å². The summed E-state index contributed by atoms with van der Waals surface area (Å²) < 4.78 is 0. The van der Waals surface area contributed by atoms with E-state index in [1.165, 1.54) is 12.0 Å². The molecule has 0 radical (unpaired) electrons. The average molecular weight is 337 g/mol. The van der Waals surface area contributed by atoms with E-state index in [1.54, 1.807) is 0 Å². The number of pyridine rings is 1. The number of carbonyl (C=O) groups is 1. The van der Waals surface area contributed by atoms with Gasteiger partial charge in [0.1, 0.15) is 0 Å². The second-order valence-corrected chi connectivity index (χ2v) is 6.59. The highest BCUT2D eigenvalue weighted by molar-refractivity contribution is 5.76. The van der Waals surface area contributed by atoms with Crippen LogP contribution < -0.4 is 0 Å². The highest BCUT2D eigenvalue weighted by atomic mass is 16.2. The Morgan fingerprint density at radius 2 is 2.00 bits per heavy atom. The number of nitrogens with zero attached hydrogens (tertiary/aromatic N) is 3. The Hall–Kier alpha value is -2.20. The zero-order chi connectivity index (χ0) is 17.5. The molecule has 0 spiro atoms. The summed E-state index contributed by atoms with van der Waals surface area (Å²) in [6.07, 6.45) is 4.74. The third-order valence-corrected chi connectivity index (χ3v) is 4.96. The van der Waals surface area contributed by atoms with Gasteiger partial charge in [-0.2, -0.15) is 0 Å². The van der Waals surface area contributed by atoms with Crippen molar-refractivity contribution < 1.29 is 4.79 Å². The van der Waals surface area contributed by atoms with E-state index in [-0.39, 0.29) is 5.91 Å². The smallest absolute Gasteiger partial charge is 0.224 e. The Kier molecular flexibility index (Phi) is 6.18. The Morgan fingerprint density at radius 1 is 1.20 bits per heavy atom. The maximum atomic E-state index is 12.7. The number of amides is 1. The number of benzene rings is 1. The largest absolute Gasteiger partial charge is 0.339 e. The summed E-state index contributed by atoms with van der Waals surface area (Å²) in [7, 11) is 0. The highest BCUT2D eigenvalue weighted by Gasteiger charge is 2.27. The molecule has 1 saturated heterocycles. The molecule has 1 aliphatic rings. The standard InChI is InChI=1S/C21H27N3O/c1-2-23(17-18-9-4-3-5-10-18)21(25)13-16-24-15-8-12-20(24)19-11-6-7-14-22-19/h3-7,9-11,14,20H,2,8,12-13,15-17H2,1H3/t20-/m1/s1. The Labute approximate surface area is 150 Å².